The molecule has 1 aliphatic rings. The van der Waals surface area contributed by atoms with E-state index in [1.807, 2.05) is 43.8 Å². The quantitative estimate of drug-likeness (QED) is 0.202. The molecule has 1 aromatic heterocycles. The fourth-order valence-electron chi connectivity index (χ4n) is 4.14. The third kappa shape index (κ3) is 9.53. The predicted octanol–water partition coefficient (Wildman–Crippen LogP) is 5.27. The Morgan fingerprint density at radius 1 is 0.917 bits per heavy atom. The summed E-state index contributed by atoms with van der Waals surface area (Å²) in [5, 5.41) is 12.1. The molecule has 2 aromatic rings. The number of nitrogens with zero attached hydrogens (tertiary/aromatic N) is 3. The van der Waals surface area contributed by atoms with Gasteiger partial charge in [-0.3, -0.25) is 4.68 Å². The highest BCUT2D eigenvalue weighted by Gasteiger charge is 2.39. The van der Waals surface area contributed by atoms with Gasteiger partial charge in [0, 0.05) is 56.8 Å². The Bertz CT molecular complexity index is 903. The van der Waals surface area contributed by atoms with Gasteiger partial charge in [-0.25, -0.2) is 0 Å². The van der Waals surface area contributed by atoms with Gasteiger partial charge in [0.05, 0.1) is 12.3 Å². The fraction of sp³-hybridized carbons (Fsp3) is 0.556. The summed E-state index contributed by atoms with van der Waals surface area (Å²) < 4.78 is 25.6. The first kappa shape index (κ1) is 28.1. The minimum Gasteiger partial charge on any atom is -0.494 e. The Kier molecular flexibility index (Phi) is 12.2. The van der Waals surface area contributed by atoms with Gasteiger partial charge in [0.2, 0.25) is 0 Å². The molecule has 1 aromatic carbocycles. The molecule has 0 spiro atoms. The Balaban J connectivity index is 1.30. The van der Waals surface area contributed by atoms with Crippen LogP contribution < -0.4 is 10.1 Å². The van der Waals surface area contributed by atoms with Crippen molar-refractivity contribution in [2.45, 2.75) is 59.0 Å². The smallest absolute Gasteiger partial charge is 0.494 e. The first-order chi connectivity index (χ1) is 17.7. The topological polar surface area (TPSA) is 79.7 Å². The summed E-state index contributed by atoms with van der Waals surface area (Å²) in [6, 6.07) is 8.96. The molecule has 0 bridgehead atoms. The Labute approximate surface area is 217 Å². The Morgan fingerprint density at radius 3 is 2.28 bits per heavy atom. The molecule has 198 valence electrons. The molecule has 8 nitrogen and oxygen atoms in total. The van der Waals surface area contributed by atoms with E-state index in [1.54, 1.807) is 0 Å². The van der Waals surface area contributed by atoms with E-state index >= 15 is 0 Å². The monoisotopic (exact) mass is 514 g/mol. The summed E-state index contributed by atoms with van der Waals surface area (Å²) in [7, 11) is -2.60. The molecule has 36 heavy (non-hydrogen) atoms. The summed E-state index contributed by atoms with van der Waals surface area (Å²) >= 11 is 0. The predicted molar refractivity (Wildman–Crippen MR) is 145 cm³/mol. The highest BCUT2D eigenvalue weighted by atomic mass is 28.4. The maximum atomic E-state index is 5.93. The van der Waals surface area contributed by atoms with Crippen LogP contribution in [0.3, 0.4) is 0 Å². The summed E-state index contributed by atoms with van der Waals surface area (Å²) in [6.45, 7) is 10.1. The van der Waals surface area contributed by atoms with Gasteiger partial charge >= 0.3 is 8.80 Å². The van der Waals surface area contributed by atoms with Crippen molar-refractivity contribution in [2.24, 2.45) is 5.92 Å². The zero-order valence-electron chi connectivity index (χ0n) is 22.0. The SMILES string of the molecule is CCO[Si](CCCn1cc(CCCCOc2ccc(NCC3C=CC=C3)cc2)nn1)(OCC)OCC. The maximum absolute atomic E-state index is 5.93. The molecule has 1 aliphatic carbocycles. The summed E-state index contributed by atoms with van der Waals surface area (Å²) in [4.78, 5) is 0. The molecule has 0 atom stereocenters. The van der Waals surface area contributed by atoms with Crippen molar-refractivity contribution in [3.63, 3.8) is 0 Å². The zero-order chi connectivity index (χ0) is 25.5. The van der Waals surface area contributed by atoms with Crippen LogP contribution in [0.25, 0.3) is 0 Å². The van der Waals surface area contributed by atoms with Crippen LogP contribution in [-0.4, -0.2) is 56.8 Å². The van der Waals surface area contributed by atoms with Gasteiger partial charge < -0.3 is 23.3 Å². The number of benzene rings is 1. The lowest BCUT2D eigenvalue weighted by Crippen LogP contribution is -2.46. The molecule has 0 saturated carbocycles. The third-order valence-corrected chi connectivity index (χ3v) is 9.02. The number of aromatic nitrogens is 3. The highest BCUT2D eigenvalue weighted by Crippen LogP contribution is 2.19. The lowest BCUT2D eigenvalue weighted by atomic mass is 10.1. The zero-order valence-corrected chi connectivity index (χ0v) is 23.0. The van der Waals surface area contributed by atoms with Crippen LogP contribution in [-0.2, 0) is 26.2 Å². The number of ether oxygens (including phenoxy) is 1. The van der Waals surface area contributed by atoms with E-state index in [0.29, 0.717) is 32.3 Å². The number of nitrogens with one attached hydrogen (secondary N) is 1. The summed E-state index contributed by atoms with van der Waals surface area (Å²) in [6.07, 6.45) is 14.4. The second-order valence-electron chi connectivity index (χ2n) is 8.70. The summed E-state index contributed by atoms with van der Waals surface area (Å²) in [5.74, 6) is 1.38. The molecular weight excluding hydrogens is 472 g/mol. The van der Waals surface area contributed by atoms with E-state index < -0.39 is 8.80 Å². The van der Waals surface area contributed by atoms with Gasteiger partial charge in [-0.2, -0.15) is 0 Å². The standard InChI is InChI=1S/C27H42N4O4Si/c1-4-33-36(34-5-2,35-6-3)21-11-19-31-23-26(29-30-31)14-9-10-20-32-27-17-15-25(16-18-27)28-22-24-12-7-8-13-24/h7-8,12-13,15-18,23-24,28H,4-6,9-11,14,19-22H2,1-3H3. The van der Waals surface area contributed by atoms with Gasteiger partial charge in [-0.15, -0.1) is 5.10 Å². The third-order valence-electron chi connectivity index (χ3n) is 5.87. The van der Waals surface area contributed by atoms with Crippen LogP contribution in [0.2, 0.25) is 6.04 Å². The van der Waals surface area contributed by atoms with Crippen molar-refractivity contribution in [1.82, 2.24) is 15.0 Å². The number of hydrogen-bond donors (Lipinski definition) is 1. The molecule has 3 rings (SSSR count). The molecular formula is C27H42N4O4Si. The van der Waals surface area contributed by atoms with Crippen molar-refractivity contribution in [3.8, 4) is 5.75 Å². The molecule has 0 saturated heterocycles. The number of rotatable bonds is 19. The number of anilines is 1. The van der Waals surface area contributed by atoms with E-state index in [2.05, 4.69) is 52.1 Å². The molecule has 9 heteroatoms. The van der Waals surface area contributed by atoms with Gasteiger partial charge in [0.15, 0.2) is 0 Å². The van der Waals surface area contributed by atoms with Crippen LogP contribution in [0.5, 0.6) is 5.75 Å². The van der Waals surface area contributed by atoms with Crippen LogP contribution in [0.15, 0.2) is 54.8 Å². The average Bonchev–Trinajstić information content (AvgIpc) is 3.56. The van der Waals surface area contributed by atoms with E-state index in [4.69, 9.17) is 18.0 Å². The molecule has 0 amide bonds. The first-order valence-corrected chi connectivity index (χ1v) is 15.2. The normalized spacial score (nSPS) is 13.5. The van der Waals surface area contributed by atoms with Crippen LogP contribution in [0.4, 0.5) is 5.69 Å². The minimum absolute atomic E-state index is 0.477. The van der Waals surface area contributed by atoms with Gasteiger partial charge in [-0.1, -0.05) is 29.5 Å². The van der Waals surface area contributed by atoms with E-state index in [-0.39, 0.29) is 0 Å². The number of allylic oxidation sites excluding steroid dienone is 2. The largest absolute Gasteiger partial charge is 0.500 e. The maximum Gasteiger partial charge on any atom is 0.500 e. The molecule has 0 unspecified atom stereocenters. The molecule has 1 heterocycles. The Hall–Kier alpha value is -2.46. The number of aryl methyl sites for hydroxylation is 2. The second kappa shape index (κ2) is 15.6. The van der Waals surface area contributed by atoms with Crippen molar-refractivity contribution < 1.29 is 18.0 Å². The van der Waals surface area contributed by atoms with Crippen LogP contribution in [0.1, 0.15) is 45.7 Å². The number of unbranched alkanes of at least 4 members (excludes halogenated alkanes) is 1. The van der Waals surface area contributed by atoms with E-state index in [1.165, 1.54) is 0 Å². The molecule has 0 radical (unpaired) electrons. The van der Waals surface area contributed by atoms with Crippen molar-refractivity contribution in [2.75, 3.05) is 38.3 Å². The van der Waals surface area contributed by atoms with Crippen LogP contribution >= 0.6 is 0 Å². The van der Waals surface area contributed by atoms with Crippen molar-refractivity contribution in [3.05, 3.63) is 60.5 Å². The van der Waals surface area contributed by atoms with Gasteiger partial charge in [-0.05, 0) is 70.7 Å². The first-order valence-electron chi connectivity index (χ1n) is 13.3. The fourth-order valence-corrected chi connectivity index (χ4v) is 6.73. The number of hydrogen-bond acceptors (Lipinski definition) is 7. The molecule has 0 aliphatic heterocycles. The van der Waals surface area contributed by atoms with Crippen molar-refractivity contribution >= 4 is 14.5 Å². The average molecular weight is 515 g/mol. The van der Waals surface area contributed by atoms with Crippen molar-refractivity contribution in [1.29, 1.82) is 0 Å². The molecule has 1 N–H and O–H groups in total. The lowest BCUT2D eigenvalue weighted by molar-refractivity contribution is 0.0704. The molecule has 0 fully saturated rings. The lowest BCUT2D eigenvalue weighted by Gasteiger charge is -2.28. The van der Waals surface area contributed by atoms with Gasteiger partial charge in [0.1, 0.15) is 5.75 Å². The second-order valence-corrected chi connectivity index (χ2v) is 11.4. The van der Waals surface area contributed by atoms with Crippen LogP contribution in [0, 0.1) is 5.92 Å². The highest BCUT2D eigenvalue weighted by molar-refractivity contribution is 6.60. The van der Waals surface area contributed by atoms with Gasteiger partial charge in [0.25, 0.3) is 0 Å². The summed E-state index contributed by atoms with van der Waals surface area (Å²) in [5.41, 5.74) is 2.13. The van der Waals surface area contributed by atoms with E-state index in [9.17, 15) is 0 Å². The minimum atomic E-state index is -2.60. The Morgan fingerprint density at radius 2 is 1.61 bits per heavy atom. The van der Waals surface area contributed by atoms with E-state index in [0.717, 1.165) is 61.9 Å².